The summed E-state index contributed by atoms with van der Waals surface area (Å²) in [7, 11) is -3.71. The summed E-state index contributed by atoms with van der Waals surface area (Å²) >= 11 is 0. The fourth-order valence-corrected chi connectivity index (χ4v) is 2.59. The molecule has 2 amide bonds. The lowest BCUT2D eigenvalue weighted by Crippen LogP contribution is -2.29. The molecule has 4 N–H and O–H groups in total. The number of urea groups is 1. The largest absolute Gasteiger partial charge is 0.334 e. The number of hydrogen-bond acceptors (Lipinski definition) is 4. The van der Waals surface area contributed by atoms with Gasteiger partial charge in [-0.1, -0.05) is 19.1 Å². The van der Waals surface area contributed by atoms with Gasteiger partial charge in [0.25, 0.3) is 0 Å². The van der Waals surface area contributed by atoms with Gasteiger partial charge in [0, 0.05) is 12.6 Å². The Bertz CT molecular complexity index is 799. The number of nitrogens with one attached hydrogen (secondary N) is 2. The number of aromatic nitrogens is 2. The minimum absolute atomic E-state index is 0.0353. The lowest BCUT2D eigenvalue weighted by molar-refractivity contribution is 0.251. The third kappa shape index (κ3) is 4.56. The van der Waals surface area contributed by atoms with Crippen LogP contribution in [0.25, 0.3) is 0 Å². The molecule has 0 aliphatic heterocycles. The van der Waals surface area contributed by atoms with Crippen LogP contribution in [-0.2, 0) is 16.6 Å². The molecule has 0 aliphatic rings. The van der Waals surface area contributed by atoms with Crippen molar-refractivity contribution >= 4 is 21.9 Å². The molecule has 1 aromatic carbocycles. The van der Waals surface area contributed by atoms with Crippen molar-refractivity contribution in [3.63, 3.8) is 0 Å². The van der Waals surface area contributed by atoms with Crippen molar-refractivity contribution in [1.82, 2.24) is 15.1 Å². The quantitative estimate of drug-likeness (QED) is 0.735. The Hall–Kier alpha value is -2.39. The highest BCUT2D eigenvalue weighted by Crippen LogP contribution is 2.16. The predicted octanol–water partition coefficient (Wildman–Crippen LogP) is 1.82. The molecule has 24 heavy (non-hydrogen) atoms. The standard InChI is InChI=1S/C15H21N5O3S/c1-3-11(2)20-14(8-9-18-20)19-15(21)17-10-12-4-6-13(7-5-12)24(16,22)23/h4-9,11H,3,10H2,1-2H3,(H2,16,22,23)(H2,17,19,21)/t11-/m0/s1. The summed E-state index contributed by atoms with van der Waals surface area (Å²) in [6.07, 6.45) is 2.53. The van der Waals surface area contributed by atoms with Gasteiger partial charge in [0.1, 0.15) is 5.82 Å². The summed E-state index contributed by atoms with van der Waals surface area (Å²) in [6, 6.07) is 7.56. The Morgan fingerprint density at radius 2 is 1.96 bits per heavy atom. The van der Waals surface area contributed by atoms with Crippen molar-refractivity contribution in [3.05, 3.63) is 42.1 Å². The Morgan fingerprint density at radius 1 is 1.29 bits per heavy atom. The maximum Gasteiger partial charge on any atom is 0.320 e. The average molecular weight is 351 g/mol. The number of primary sulfonamides is 1. The van der Waals surface area contributed by atoms with Crippen LogP contribution in [0.4, 0.5) is 10.6 Å². The first-order chi connectivity index (χ1) is 11.3. The number of amides is 2. The number of nitrogens with two attached hydrogens (primary N) is 1. The number of nitrogens with zero attached hydrogens (tertiary/aromatic N) is 2. The molecule has 130 valence electrons. The predicted molar refractivity (Wildman–Crippen MR) is 90.9 cm³/mol. The van der Waals surface area contributed by atoms with Crippen LogP contribution in [0.3, 0.4) is 0 Å². The zero-order valence-electron chi connectivity index (χ0n) is 13.6. The van der Waals surface area contributed by atoms with Gasteiger partial charge in [0.15, 0.2) is 0 Å². The molecule has 0 fully saturated rings. The van der Waals surface area contributed by atoms with Gasteiger partial charge >= 0.3 is 6.03 Å². The van der Waals surface area contributed by atoms with Crippen LogP contribution in [0, 0.1) is 0 Å². The molecule has 2 aromatic rings. The van der Waals surface area contributed by atoms with E-state index in [1.54, 1.807) is 29.1 Å². The van der Waals surface area contributed by atoms with E-state index in [2.05, 4.69) is 15.7 Å². The highest BCUT2D eigenvalue weighted by molar-refractivity contribution is 7.89. The van der Waals surface area contributed by atoms with E-state index in [1.165, 1.54) is 12.1 Å². The molecule has 1 heterocycles. The maximum absolute atomic E-state index is 12.0. The molecule has 0 unspecified atom stereocenters. The average Bonchev–Trinajstić information content (AvgIpc) is 3.00. The van der Waals surface area contributed by atoms with Gasteiger partial charge in [-0.3, -0.25) is 5.32 Å². The number of hydrogen-bond donors (Lipinski definition) is 3. The van der Waals surface area contributed by atoms with Gasteiger partial charge in [-0.2, -0.15) is 5.10 Å². The van der Waals surface area contributed by atoms with Crippen LogP contribution in [0.1, 0.15) is 31.9 Å². The molecule has 1 atom stereocenters. The smallest absolute Gasteiger partial charge is 0.320 e. The fraction of sp³-hybridized carbons (Fsp3) is 0.333. The number of rotatable bonds is 6. The van der Waals surface area contributed by atoms with Gasteiger partial charge in [0.2, 0.25) is 10.0 Å². The van der Waals surface area contributed by atoms with Crippen LogP contribution < -0.4 is 15.8 Å². The SMILES string of the molecule is CC[C@H](C)n1nccc1NC(=O)NCc1ccc(S(N)(=O)=O)cc1. The summed E-state index contributed by atoms with van der Waals surface area (Å²) < 4.78 is 24.1. The van der Waals surface area contributed by atoms with Gasteiger partial charge in [0.05, 0.1) is 17.1 Å². The second-order valence-corrected chi connectivity index (χ2v) is 6.98. The zero-order valence-corrected chi connectivity index (χ0v) is 14.4. The molecule has 1 aromatic heterocycles. The van der Waals surface area contributed by atoms with E-state index in [1.807, 2.05) is 13.8 Å². The number of benzene rings is 1. The van der Waals surface area contributed by atoms with E-state index in [4.69, 9.17) is 5.14 Å². The Balaban J connectivity index is 1.93. The Labute approximate surface area is 141 Å². The van der Waals surface area contributed by atoms with Gasteiger partial charge in [-0.25, -0.2) is 23.0 Å². The van der Waals surface area contributed by atoms with Gasteiger partial charge in [-0.15, -0.1) is 0 Å². The highest BCUT2D eigenvalue weighted by atomic mass is 32.2. The van der Waals surface area contributed by atoms with Crippen molar-refractivity contribution in [2.45, 2.75) is 37.8 Å². The first-order valence-electron chi connectivity index (χ1n) is 7.51. The summed E-state index contributed by atoms with van der Waals surface area (Å²) in [5, 5.41) is 14.7. The van der Waals surface area contributed by atoms with Crippen molar-refractivity contribution < 1.29 is 13.2 Å². The summed E-state index contributed by atoms with van der Waals surface area (Å²) in [5.74, 6) is 0.617. The molecule has 0 radical (unpaired) electrons. The minimum Gasteiger partial charge on any atom is -0.334 e. The molecule has 0 aliphatic carbocycles. The number of sulfonamides is 1. The van der Waals surface area contributed by atoms with E-state index in [9.17, 15) is 13.2 Å². The molecule has 0 saturated heterocycles. The van der Waals surface area contributed by atoms with Crippen molar-refractivity contribution in [1.29, 1.82) is 0 Å². The zero-order chi connectivity index (χ0) is 17.7. The number of carbonyl (C=O) groups is 1. The van der Waals surface area contributed by atoms with E-state index in [0.717, 1.165) is 12.0 Å². The molecule has 0 saturated carbocycles. The highest BCUT2D eigenvalue weighted by Gasteiger charge is 2.11. The second-order valence-electron chi connectivity index (χ2n) is 5.41. The summed E-state index contributed by atoms with van der Waals surface area (Å²) in [5.41, 5.74) is 0.757. The van der Waals surface area contributed by atoms with Crippen LogP contribution >= 0.6 is 0 Å². The lowest BCUT2D eigenvalue weighted by Gasteiger charge is -2.14. The van der Waals surface area contributed by atoms with Gasteiger partial charge in [-0.05, 0) is 31.0 Å². The van der Waals surface area contributed by atoms with Crippen LogP contribution in [0.5, 0.6) is 0 Å². The molecule has 9 heteroatoms. The fourth-order valence-electron chi connectivity index (χ4n) is 2.08. The van der Waals surface area contributed by atoms with E-state index < -0.39 is 10.0 Å². The topological polar surface area (TPSA) is 119 Å². The molecule has 0 bridgehead atoms. The van der Waals surface area contributed by atoms with Crippen LogP contribution in [0.15, 0.2) is 41.4 Å². The van der Waals surface area contributed by atoms with Crippen LogP contribution in [-0.4, -0.2) is 24.2 Å². The molecule has 2 rings (SSSR count). The molecule has 0 spiro atoms. The Morgan fingerprint density at radius 3 is 2.54 bits per heavy atom. The molecule has 8 nitrogen and oxygen atoms in total. The molecular formula is C15H21N5O3S. The van der Waals surface area contributed by atoms with Gasteiger partial charge < -0.3 is 5.32 Å². The first-order valence-corrected chi connectivity index (χ1v) is 9.06. The van der Waals surface area contributed by atoms with E-state index >= 15 is 0 Å². The van der Waals surface area contributed by atoms with Crippen molar-refractivity contribution in [2.24, 2.45) is 5.14 Å². The molecular weight excluding hydrogens is 330 g/mol. The normalized spacial score (nSPS) is 12.6. The first kappa shape index (κ1) is 18.0. The maximum atomic E-state index is 12.0. The van der Waals surface area contributed by atoms with E-state index in [-0.39, 0.29) is 23.5 Å². The number of carbonyl (C=O) groups excluding carboxylic acids is 1. The lowest BCUT2D eigenvalue weighted by atomic mass is 10.2. The summed E-state index contributed by atoms with van der Waals surface area (Å²) in [6.45, 7) is 4.32. The van der Waals surface area contributed by atoms with Crippen molar-refractivity contribution in [2.75, 3.05) is 5.32 Å². The van der Waals surface area contributed by atoms with Crippen molar-refractivity contribution in [3.8, 4) is 0 Å². The second kappa shape index (κ2) is 7.45. The monoisotopic (exact) mass is 351 g/mol. The third-order valence-corrected chi connectivity index (χ3v) is 4.55. The third-order valence-electron chi connectivity index (χ3n) is 3.63. The van der Waals surface area contributed by atoms with Crippen LogP contribution in [0.2, 0.25) is 0 Å². The summed E-state index contributed by atoms with van der Waals surface area (Å²) in [4.78, 5) is 12.0. The van der Waals surface area contributed by atoms with E-state index in [0.29, 0.717) is 5.82 Å². The number of anilines is 1. The minimum atomic E-state index is -3.71. The Kier molecular flexibility index (Phi) is 5.58.